The van der Waals surface area contributed by atoms with E-state index in [-0.39, 0.29) is 5.78 Å². The van der Waals surface area contributed by atoms with Crippen LogP contribution in [0.3, 0.4) is 0 Å². The van der Waals surface area contributed by atoms with Crippen molar-refractivity contribution in [2.24, 2.45) is 0 Å². The summed E-state index contributed by atoms with van der Waals surface area (Å²) in [5, 5.41) is 9.06. The summed E-state index contributed by atoms with van der Waals surface area (Å²) in [6.45, 7) is 0.580. The van der Waals surface area contributed by atoms with Crippen LogP contribution in [0.2, 0.25) is 0 Å². The standard InChI is InChI=1S/C16H15N3O/c17-8-15-13(5-3-7-18-15)10-19-9-12-4-1-2-6-16(20)14(12)11-19/h3,5,7,9,11H,1-2,4,6,10H2. The van der Waals surface area contributed by atoms with Gasteiger partial charge in [-0.3, -0.25) is 4.79 Å². The van der Waals surface area contributed by atoms with Crippen LogP contribution in [-0.4, -0.2) is 15.3 Å². The largest absolute Gasteiger partial charge is 0.349 e. The zero-order valence-electron chi connectivity index (χ0n) is 11.2. The molecule has 1 aliphatic carbocycles. The summed E-state index contributed by atoms with van der Waals surface area (Å²) in [6.07, 6.45) is 9.23. The molecule has 0 amide bonds. The average Bonchev–Trinajstić information content (AvgIpc) is 2.79. The quantitative estimate of drug-likeness (QED) is 0.784. The Morgan fingerprint density at radius 2 is 2.15 bits per heavy atom. The molecule has 0 N–H and O–H groups in total. The first-order valence-corrected chi connectivity index (χ1v) is 6.84. The van der Waals surface area contributed by atoms with E-state index in [1.165, 1.54) is 0 Å². The van der Waals surface area contributed by atoms with Crippen molar-refractivity contribution in [2.75, 3.05) is 0 Å². The Morgan fingerprint density at radius 1 is 1.30 bits per heavy atom. The third kappa shape index (κ3) is 2.35. The topological polar surface area (TPSA) is 58.7 Å². The maximum Gasteiger partial charge on any atom is 0.164 e. The number of nitrogens with zero attached hydrogens (tertiary/aromatic N) is 3. The van der Waals surface area contributed by atoms with E-state index in [4.69, 9.17) is 5.26 Å². The lowest BCUT2D eigenvalue weighted by Crippen LogP contribution is -2.01. The molecule has 2 aromatic rings. The number of pyridine rings is 1. The Kier molecular flexibility index (Phi) is 3.34. The summed E-state index contributed by atoms with van der Waals surface area (Å²) in [5.41, 5.74) is 3.31. The third-order valence-electron chi connectivity index (χ3n) is 3.71. The number of aryl methyl sites for hydroxylation is 1. The van der Waals surface area contributed by atoms with Crippen molar-refractivity contribution in [3.63, 3.8) is 0 Å². The zero-order valence-corrected chi connectivity index (χ0v) is 11.2. The second-order valence-electron chi connectivity index (χ2n) is 5.12. The van der Waals surface area contributed by atoms with Crippen LogP contribution in [0.15, 0.2) is 30.7 Å². The molecule has 0 aromatic carbocycles. The number of hydrogen-bond donors (Lipinski definition) is 0. The predicted molar refractivity (Wildman–Crippen MR) is 74.4 cm³/mol. The van der Waals surface area contributed by atoms with Gasteiger partial charge < -0.3 is 4.57 Å². The summed E-state index contributed by atoms with van der Waals surface area (Å²) in [6, 6.07) is 5.84. The number of hydrogen-bond acceptors (Lipinski definition) is 3. The molecule has 3 rings (SSSR count). The minimum Gasteiger partial charge on any atom is -0.349 e. The predicted octanol–water partition coefficient (Wildman–Crippen LogP) is 2.71. The molecular weight excluding hydrogens is 250 g/mol. The molecule has 20 heavy (non-hydrogen) atoms. The van der Waals surface area contributed by atoms with Gasteiger partial charge in [0.25, 0.3) is 0 Å². The monoisotopic (exact) mass is 265 g/mol. The van der Waals surface area contributed by atoms with E-state index in [9.17, 15) is 4.79 Å². The lowest BCUT2D eigenvalue weighted by atomic mass is 10.1. The fourth-order valence-corrected chi connectivity index (χ4v) is 2.70. The molecule has 0 saturated heterocycles. The van der Waals surface area contributed by atoms with Gasteiger partial charge in [0.15, 0.2) is 5.78 Å². The number of nitriles is 1. The molecule has 0 unspecified atom stereocenters. The smallest absolute Gasteiger partial charge is 0.164 e. The van der Waals surface area contributed by atoms with Gasteiger partial charge >= 0.3 is 0 Å². The second-order valence-corrected chi connectivity index (χ2v) is 5.12. The number of ketones is 1. The fourth-order valence-electron chi connectivity index (χ4n) is 2.70. The molecule has 4 nitrogen and oxygen atoms in total. The first-order valence-electron chi connectivity index (χ1n) is 6.84. The molecule has 0 radical (unpaired) electrons. The fraction of sp³-hybridized carbons (Fsp3) is 0.312. The Labute approximate surface area is 117 Å². The molecule has 0 fully saturated rings. The number of aromatic nitrogens is 2. The van der Waals surface area contributed by atoms with Crippen LogP contribution in [0, 0.1) is 11.3 Å². The van der Waals surface area contributed by atoms with E-state index in [1.54, 1.807) is 6.20 Å². The molecule has 0 bridgehead atoms. The van der Waals surface area contributed by atoms with E-state index in [2.05, 4.69) is 11.1 Å². The van der Waals surface area contributed by atoms with Crippen molar-refractivity contribution in [3.05, 3.63) is 53.1 Å². The van der Waals surface area contributed by atoms with Gasteiger partial charge in [-0.1, -0.05) is 6.07 Å². The SMILES string of the molecule is N#Cc1ncccc1Cn1cc2c(c1)C(=O)CCCC2. The van der Waals surface area contributed by atoms with E-state index < -0.39 is 0 Å². The van der Waals surface area contributed by atoms with Crippen LogP contribution >= 0.6 is 0 Å². The first-order chi connectivity index (χ1) is 9.78. The minimum atomic E-state index is 0.239. The lowest BCUT2D eigenvalue weighted by molar-refractivity contribution is 0.0982. The Hall–Kier alpha value is -2.41. The van der Waals surface area contributed by atoms with Gasteiger partial charge in [-0.2, -0.15) is 5.26 Å². The van der Waals surface area contributed by atoms with Crippen LogP contribution in [0.25, 0.3) is 0 Å². The van der Waals surface area contributed by atoms with Crippen molar-refractivity contribution < 1.29 is 4.79 Å². The summed E-state index contributed by atoms with van der Waals surface area (Å²) in [7, 11) is 0. The second kappa shape index (κ2) is 5.30. The van der Waals surface area contributed by atoms with Gasteiger partial charge in [0, 0.05) is 42.7 Å². The van der Waals surface area contributed by atoms with Crippen LogP contribution in [0.5, 0.6) is 0 Å². The molecule has 2 aromatic heterocycles. The number of Topliss-reactive ketones (excluding diaryl/α,β-unsaturated/α-hetero) is 1. The Balaban J connectivity index is 1.91. The summed E-state index contributed by atoms with van der Waals surface area (Å²) < 4.78 is 1.99. The first kappa shape index (κ1) is 12.6. The molecule has 4 heteroatoms. The number of fused-ring (bicyclic) bond motifs is 1. The highest BCUT2D eigenvalue weighted by molar-refractivity contribution is 5.97. The van der Waals surface area contributed by atoms with Gasteiger partial charge in [-0.25, -0.2) is 4.98 Å². The van der Waals surface area contributed by atoms with Crippen LogP contribution in [0.4, 0.5) is 0 Å². The highest BCUT2D eigenvalue weighted by atomic mass is 16.1. The maximum absolute atomic E-state index is 12.0. The van der Waals surface area contributed by atoms with Crippen molar-refractivity contribution in [1.82, 2.24) is 9.55 Å². The van der Waals surface area contributed by atoms with Crippen LogP contribution in [0.1, 0.15) is 46.4 Å². The van der Waals surface area contributed by atoms with Crippen molar-refractivity contribution in [1.29, 1.82) is 5.26 Å². The van der Waals surface area contributed by atoms with Crippen LogP contribution in [-0.2, 0) is 13.0 Å². The summed E-state index contributed by atoms with van der Waals surface area (Å²) in [4.78, 5) is 16.1. The highest BCUT2D eigenvalue weighted by Gasteiger charge is 2.18. The number of rotatable bonds is 2. The Bertz CT molecular complexity index is 694. The molecule has 1 aliphatic rings. The van der Waals surface area contributed by atoms with Gasteiger partial charge in [0.2, 0.25) is 0 Å². The van der Waals surface area contributed by atoms with Crippen molar-refractivity contribution in [3.8, 4) is 6.07 Å². The normalized spacial score (nSPS) is 14.4. The van der Waals surface area contributed by atoms with Gasteiger partial charge in [-0.15, -0.1) is 0 Å². The zero-order chi connectivity index (χ0) is 13.9. The van der Waals surface area contributed by atoms with Gasteiger partial charge in [0.1, 0.15) is 11.8 Å². The van der Waals surface area contributed by atoms with E-state index >= 15 is 0 Å². The molecular formula is C16H15N3O. The summed E-state index contributed by atoms with van der Waals surface area (Å²) >= 11 is 0. The lowest BCUT2D eigenvalue weighted by Gasteiger charge is -2.04. The molecule has 100 valence electrons. The average molecular weight is 265 g/mol. The number of carbonyl (C=O) groups is 1. The highest BCUT2D eigenvalue weighted by Crippen LogP contribution is 2.22. The van der Waals surface area contributed by atoms with E-state index in [1.807, 2.05) is 29.1 Å². The molecule has 0 saturated carbocycles. The molecule has 0 aliphatic heterocycles. The number of carbonyl (C=O) groups excluding carboxylic acids is 1. The van der Waals surface area contributed by atoms with Gasteiger partial charge in [-0.05, 0) is 30.9 Å². The van der Waals surface area contributed by atoms with Crippen molar-refractivity contribution in [2.45, 2.75) is 32.2 Å². The molecule has 0 atom stereocenters. The van der Waals surface area contributed by atoms with Crippen molar-refractivity contribution >= 4 is 5.78 Å². The molecule has 2 heterocycles. The third-order valence-corrected chi connectivity index (χ3v) is 3.71. The Morgan fingerprint density at radius 3 is 3.00 bits per heavy atom. The summed E-state index contributed by atoms with van der Waals surface area (Å²) in [5.74, 6) is 0.239. The molecule has 0 spiro atoms. The van der Waals surface area contributed by atoms with Crippen LogP contribution < -0.4 is 0 Å². The van der Waals surface area contributed by atoms with E-state index in [0.717, 1.165) is 36.0 Å². The van der Waals surface area contributed by atoms with E-state index in [0.29, 0.717) is 18.7 Å². The van der Waals surface area contributed by atoms with Gasteiger partial charge in [0.05, 0.1) is 0 Å². The minimum absolute atomic E-state index is 0.239. The maximum atomic E-state index is 12.0.